The van der Waals surface area contributed by atoms with E-state index in [0.717, 1.165) is 17.0 Å². The third-order valence-electron chi connectivity index (χ3n) is 3.63. The van der Waals surface area contributed by atoms with Gasteiger partial charge in [0.15, 0.2) is 23.0 Å². The van der Waals surface area contributed by atoms with Crippen molar-refractivity contribution < 1.29 is 14.3 Å². The fraction of sp³-hybridized carbons (Fsp3) is 0.118. The molecule has 1 N–H and O–H groups in total. The van der Waals surface area contributed by atoms with Gasteiger partial charge in [0.25, 0.3) is 0 Å². The van der Waals surface area contributed by atoms with Crippen LogP contribution in [-0.4, -0.2) is 27.3 Å². The second-order valence-corrected chi connectivity index (χ2v) is 5.21. The zero-order valence-corrected chi connectivity index (χ0v) is 12.7. The number of nitrogens with one attached hydrogen (secondary N) is 1. The number of benzene rings is 1. The highest BCUT2D eigenvalue weighted by Gasteiger charge is 2.12. The summed E-state index contributed by atoms with van der Waals surface area (Å²) < 4.78 is 12.4. The highest BCUT2D eigenvalue weighted by atomic mass is 16.7. The molecule has 0 unspecified atom stereocenters. The van der Waals surface area contributed by atoms with E-state index in [1.54, 1.807) is 6.08 Å². The molecule has 2 aromatic heterocycles. The Hall–Kier alpha value is -3.35. The zero-order chi connectivity index (χ0) is 16.4. The van der Waals surface area contributed by atoms with Crippen molar-refractivity contribution in [2.45, 2.75) is 6.54 Å². The first kappa shape index (κ1) is 14.3. The van der Waals surface area contributed by atoms with Gasteiger partial charge in [-0.2, -0.15) is 0 Å². The molecule has 7 nitrogen and oxygen atoms in total. The minimum atomic E-state index is -0.208. The predicted molar refractivity (Wildman–Crippen MR) is 86.4 cm³/mol. The van der Waals surface area contributed by atoms with Crippen LogP contribution in [0.3, 0.4) is 0 Å². The van der Waals surface area contributed by atoms with Crippen LogP contribution in [0.4, 0.5) is 0 Å². The number of amides is 1. The Morgan fingerprint density at radius 2 is 2.12 bits per heavy atom. The monoisotopic (exact) mass is 322 g/mol. The van der Waals surface area contributed by atoms with Crippen LogP contribution < -0.4 is 14.8 Å². The van der Waals surface area contributed by atoms with Crippen LogP contribution in [0.25, 0.3) is 11.7 Å². The quantitative estimate of drug-likeness (QED) is 0.741. The van der Waals surface area contributed by atoms with Crippen molar-refractivity contribution in [1.29, 1.82) is 0 Å². The number of fused-ring (bicyclic) bond motifs is 2. The first-order valence-corrected chi connectivity index (χ1v) is 7.44. The maximum absolute atomic E-state index is 12.0. The summed E-state index contributed by atoms with van der Waals surface area (Å²) >= 11 is 0. The average Bonchev–Trinajstić information content (AvgIpc) is 3.24. The van der Waals surface area contributed by atoms with E-state index in [1.165, 1.54) is 6.08 Å². The molecule has 0 spiro atoms. The Labute approximate surface area is 137 Å². The Morgan fingerprint density at radius 3 is 3.08 bits per heavy atom. The van der Waals surface area contributed by atoms with Gasteiger partial charge in [0.05, 0.1) is 6.54 Å². The summed E-state index contributed by atoms with van der Waals surface area (Å²) in [5.74, 6) is 1.87. The summed E-state index contributed by atoms with van der Waals surface area (Å²) in [6, 6.07) is 11.2. The molecule has 0 saturated heterocycles. The van der Waals surface area contributed by atoms with Crippen LogP contribution in [0.15, 0.2) is 48.7 Å². The van der Waals surface area contributed by atoms with E-state index in [2.05, 4.69) is 15.5 Å². The molecule has 0 radical (unpaired) electrons. The van der Waals surface area contributed by atoms with Gasteiger partial charge in [-0.3, -0.25) is 9.20 Å². The maximum Gasteiger partial charge on any atom is 0.244 e. The topological polar surface area (TPSA) is 77.8 Å². The number of aromatic nitrogens is 3. The van der Waals surface area contributed by atoms with Crippen molar-refractivity contribution in [2.24, 2.45) is 0 Å². The first-order chi connectivity index (χ1) is 11.8. The number of nitrogens with zero attached hydrogens (tertiary/aromatic N) is 3. The summed E-state index contributed by atoms with van der Waals surface area (Å²) in [7, 11) is 0. The van der Waals surface area contributed by atoms with Gasteiger partial charge in [0.2, 0.25) is 12.7 Å². The summed E-state index contributed by atoms with van der Waals surface area (Å²) in [4.78, 5) is 12.0. The standard InChI is InChI=1S/C17H14N4O3/c22-17(7-5-12-4-6-13-14(9-12)24-11-23-13)18-10-16-20-19-15-3-1-2-8-21(15)16/h1-9H,10-11H2,(H,18,22)/b7-5+. The number of carbonyl (C=O) groups excluding carboxylic acids is 1. The van der Waals surface area contributed by atoms with Gasteiger partial charge in [-0.05, 0) is 35.9 Å². The molecule has 24 heavy (non-hydrogen) atoms. The number of carbonyl (C=O) groups is 1. The van der Waals surface area contributed by atoms with Crippen molar-refractivity contribution in [2.75, 3.05) is 6.79 Å². The molecule has 0 bridgehead atoms. The molecule has 1 aliphatic heterocycles. The molecule has 120 valence electrons. The van der Waals surface area contributed by atoms with Gasteiger partial charge in [0.1, 0.15) is 0 Å². The summed E-state index contributed by atoms with van der Waals surface area (Å²) in [6.07, 6.45) is 5.05. The Kier molecular flexibility index (Phi) is 3.59. The molecule has 7 heteroatoms. The largest absolute Gasteiger partial charge is 0.454 e. The molecule has 0 atom stereocenters. The minimum absolute atomic E-state index is 0.208. The highest BCUT2D eigenvalue weighted by Crippen LogP contribution is 2.32. The van der Waals surface area contributed by atoms with Crippen LogP contribution in [0.1, 0.15) is 11.4 Å². The summed E-state index contributed by atoms with van der Waals surface area (Å²) in [5, 5.41) is 10.9. The van der Waals surface area contributed by atoms with Crippen molar-refractivity contribution in [3.8, 4) is 11.5 Å². The summed E-state index contributed by atoms with van der Waals surface area (Å²) in [6.45, 7) is 0.533. The number of hydrogen-bond acceptors (Lipinski definition) is 5. The second kappa shape index (κ2) is 6.04. The molecular formula is C17H14N4O3. The van der Waals surface area contributed by atoms with Crippen LogP contribution >= 0.6 is 0 Å². The molecule has 1 aliphatic rings. The zero-order valence-electron chi connectivity index (χ0n) is 12.7. The Balaban J connectivity index is 1.40. The van der Waals surface area contributed by atoms with E-state index in [9.17, 15) is 4.79 Å². The molecule has 4 rings (SSSR count). The number of hydrogen-bond donors (Lipinski definition) is 1. The molecule has 0 saturated carbocycles. The third-order valence-corrected chi connectivity index (χ3v) is 3.63. The van der Waals surface area contributed by atoms with E-state index < -0.39 is 0 Å². The molecule has 3 heterocycles. The van der Waals surface area contributed by atoms with Crippen molar-refractivity contribution >= 4 is 17.6 Å². The van der Waals surface area contributed by atoms with Crippen molar-refractivity contribution in [1.82, 2.24) is 19.9 Å². The average molecular weight is 322 g/mol. The molecule has 1 amide bonds. The molecule has 0 aliphatic carbocycles. The third kappa shape index (κ3) is 2.79. The maximum atomic E-state index is 12.0. The lowest BCUT2D eigenvalue weighted by Gasteiger charge is -2.01. The van der Waals surface area contributed by atoms with E-state index in [-0.39, 0.29) is 12.7 Å². The van der Waals surface area contributed by atoms with Gasteiger partial charge < -0.3 is 14.8 Å². The van der Waals surface area contributed by atoms with Crippen LogP contribution in [-0.2, 0) is 11.3 Å². The van der Waals surface area contributed by atoms with E-state index in [4.69, 9.17) is 9.47 Å². The van der Waals surface area contributed by atoms with Gasteiger partial charge in [-0.25, -0.2) is 0 Å². The van der Waals surface area contributed by atoms with Crippen LogP contribution in [0.2, 0.25) is 0 Å². The Morgan fingerprint density at radius 1 is 1.21 bits per heavy atom. The van der Waals surface area contributed by atoms with Crippen LogP contribution in [0, 0.1) is 0 Å². The van der Waals surface area contributed by atoms with E-state index in [0.29, 0.717) is 18.1 Å². The second-order valence-electron chi connectivity index (χ2n) is 5.21. The first-order valence-electron chi connectivity index (χ1n) is 7.44. The van der Waals surface area contributed by atoms with Crippen molar-refractivity contribution in [3.63, 3.8) is 0 Å². The van der Waals surface area contributed by atoms with Gasteiger partial charge in [-0.15, -0.1) is 10.2 Å². The number of rotatable bonds is 4. The molecular weight excluding hydrogens is 308 g/mol. The lowest BCUT2D eigenvalue weighted by atomic mass is 10.2. The minimum Gasteiger partial charge on any atom is -0.454 e. The lowest BCUT2D eigenvalue weighted by Crippen LogP contribution is -2.21. The fourth-order valence-electron chi connectivity index (χ4n) is 2.43. The lowest BCUT2D eigenvalue weighted by molar-refractivity contribution is -0.116. The van der Waals surface area contributed by atoms with E-state index in [1.807, 2.05) is 47.0 Å². The van der Waals surface area contributed by atoms with Gasteiger partial charge in [-0.1, -0.05) is 12.1 Å². The smallest absolute Gasteiger partial charge is 0.244 e. The molecule has 0 fully saturated rings. The van der Waals surface area contributed by atoms with E-state index >= 15 is 0 Å². The highest BCUT2D eigenvalue weighted by molar-refractivity contribution is 5.91. The molecule has 1 aromatic carbocycles. The van der Waals surface area contributed by atoms with Gasteiger partial charge >= 0.3 is 0 Å². The Bertz CT molecular complexity index is 932. The number of pyridine rings is 1. The predicted octanol–water partition coefficient (Wildman–Crippen LogP) is 1.79. The normalized spacial score (nSPS) is 12.8. The fourth-order valence-corrected chi connectivity index (χ4v) is 2.43. The van der Waals surface area contributed by atoms with Crippen LogP contribution in [0.5, 0.6) is 11.5 Å². The van der Waals surface area contributed by atoms with Gasteiger partial charge in [0, 0.05) is 12.3 Å². The number of ether oxygens (including phenoxy) is 2. The van der Waals surface area contributed by atoms with Crippen molar-refractivity contribution in [3.05, 3.63) is 60.1 Å². The summed E-state index contributed by atoms with van der Waals surface area (Å²) in [5.41, 5.74) is 1.61. The SMILES string of the molecule is O=C(/C=C/c1ccc2c(c1)OCO2)NCc1nnc2ccccn12. The molecule has 3 aromatic rings.